The molecule has 1 aromatic carbocycles. The quantitative estimate of drug-likeness (QED) is 0.797. The predicted octanol–water partition coefficient (Wildman–Crippen LogP) is 2.95. The lowest BCUT2D eigenvalue weighted by Gasteiger charge is -2.19. The van der Waals surface area contributed by atoms with Crippen molar-refractivity contribution in [1.29, 1.82) is 0 Å². The summed E-state index contributed by atoms with van der Waals surface area (Å²) in [6.45, 7) is 0.275. The Morgan fingerprint density at radius 1 is 1.12 bits per heavy atom. The van der Waals surface area contributed by atoms with Crippen molar-refractivity contribution < 1.29 is 14.6 Å². The molecule has 3 rings (SSSR count). The van der Waals surface area contributed by atoms with Gasteiger partial charge in [0.15, 0.2) is 11.5 Å². The molecule has 1 N–H and O–H groups in total. The highest BCUT2D eigenvalue weighted by Crippen LogP contribution is 2.37. The van der Waals surface area contributed by atoms with Crippen LogP contribution in [0.4, 0.5) is 0 Å². The first-order valence-electron chi connectivity index (χ1n) is 6.11. The highest BCUT2D eigenvalue weighted by atomic mass is 16.7. The van der Waals surface area contributed by atoms with Crippen LogP contribution >= 0.6 is 0 Å². The van der Waals surface area contributed by atoms with Crippen molar-refractivity contribution >= 4 is 0 Å². The molecule has 2 aliphatic rings. The second-order valence-electron chi connectivity index (χ2n) is 4.54. The Balaban J connectivity index is 1.86. The maximum absolute atomic E-state index is 10.3. The van der Waals surface area contributed by atoms with Crippen molar-refractivity contribution in [1.82, 2.24) is 0 Å². The zero-order chi connectivity index (χ0) is 11.7. The molecule has 90 valence electrons. The van der Waals surface area contributed by atoms with Gasteiger partial charge in [-0.3, -0.25) is 0 Å². The number of ether oxygens (including phenoxy) is 2. The van der Waals surface area contributed by atoms with E-state index in [2.05, 4.69) is 6.08 Å². The number of rotatable bonds is 2. The molecule has 3 heteroatoms. The molecular weight excluding hydrogens is 216 g/mol. The predicted molar refractivity (Wildman–Crippen MR) is 64.1 cm³/mol. The van der Waals surface area contributed by atoms with E-state index in [9.17, 15) is 5.11 Å². The molecule has 17 heavy (non-hydrogen) atoms. The average molecular weight is 232 g/mol. The first-order chi connectivity index (χ1) is 8.34. The molecular formula is C14H16O3. The van der Waals surface area contributed by atoms with Gasteiger partial charge in [-0.2, -0.15) is 0 Å². The van der Waals surface area contributed by atoms with Gasteiger partial charge in [-0.1, -0.05) is 12.1 Å². The summed E-state index contributed by atoms with van der Waals surface area (Å²) in [4.78, 5) is 0. The smallest absolute Gasteiger partial charge is 0.231 e. The number of aliphatic hydroxyl groups excluding tert-OH is 1. The largest absolute Gasteiger partial charge is 0.454 e. The topological polar surface area (TPSA) is 38.7 Å². The molecule has 0 spiro atoms. The minimum atomic E-state index is -0.496. The first-order valence-corrected chi connectivity index (χ1v) is 6.11. The van der Waals surface area contributed by atoms with Crippen molar-refractivity contribution in [3.8, 4) is 11.5 Å². The minimum Gasteiger partial charge on any atom is -0.454 e. The second kappa shape index (κ2) is 4.41. The van der Waals surface area contributed by atoms with Gasteiger partial charge in [0.25, 0.3) is 0 Å². The molecule has 0 radical (unpaired) electrons. The number of fused-ring (bicyclic) bond motifs is 1. The number of allylic oxidation sites excluding steroid dienone is 1. The molecule has 0 saturated heterocycles. The summed E-state index contributed by atoms with van der Waals surface area (Å²) < 4.78 is 10.6. The molecule has 1 aliphatic carbocycles. The third-order valence-corrected chi connectivity index (χ3v) is 3.39. The fraction of sp³-hybridized carbons (Fsp3) is 0.429. The zero-order valence-electron chi connectivity index (χ0n) is 9.69. The van der Waals surface area contributed by atoms with E-state index in [0.717, 1.165) is 35.5 Å². The van der Waals surface area contributed by atoms with Crippen molar-refractivity contribution in [2.24, 2.45) is 0 Å². The lowest BCUT2D eigenvalue weighted by Crippen LogP contribution is -2.04. The van der Waals surface area contributed by atoms with Crippen LogP contribution in [-0.2, 0) is 0 Å². The standard InChI is InChI=1S/C14H16O3/c15-14(10-4-2-1-3-5-10)11-6-7-12-13(8-11)17-9-16-12/h4,6-8,14-15H,1-3,5,9H2. The number of hydrogen-bond donors (Lipinski definition) is 1. The molecule has 1 unspecified atom stereocenters. The SMILES string of the molecule is OC(C1=CCCCC1)c1ccc2c(c1)OCO2. The van der Waals surface area contributed by atoms with E-state index >= 15 is 0 Å². The Bertz CT molecular complexity index is 451. The monoisotopic (exact) mass is 232 g/mol. The second-order valence-corrected chi connectivity index (χ2v) is 4.54. The number of aliphatic hydroxyl groups is 1. The summed E-state index contributed by atoms with van der Waals surface area (Å²) >= 11 is 0. The minimum absolute atomic E-state index is 0.275. The third-order valence-electron chi connectivity index (χ3n) is 3.39. The van der Waals surface area contributed by atoms with Gasteiger partial charge in [0.2, 0.25) is 6.79 Å². The maximum Gasteiger partial charge on any atom is 0.231 e. The van der Waals surface area contributed by atoms with Crippen LogP contribution in [0.15, 0.2) is 29.8 Å². The highest BCUT2D eigenvalue weighted by molar-refractivity contribution is 5.46. The molecule has 0 fully saturated rings. The van der Waals surface area contributed by atoms with Gasteiger partial charge < -0.3 is 14.6 Å². The van der Waals surface area contributed by atoms with Crippen LogP contribution < -0.4 is 9.47 Å². The van der Waals surface area contributed by atoms with E-state index in [1.807, 2.05) is 18.2 Å². The van der Waals surface area contributed by atoms with E-state index in [1.165, 1.54) is 12.8 Å². The Morgan fingerprint density at radius 2 is 2.00 bits per heavy atom. The molecule has 0 aromatic heterocycles. The number of benzene rings is 1. The van der Waals surface area contributed by atoms with Crippen LogP contribution in [0.3, 0.4) is 0 Å². The van der Waals surface area contributed by atoms with Crippen molar-refractivity contribution in [3.05, 3.63) is 35.4 Å². The third kappa shape index (κ3) is 2.03. The summed E-state index contributed by atoms with van der Waals surface area (Å²) in [5, 5.41) is 10.3. The molecule has 1 heterocycles. The van der Waals surface area contributed by atoms with Gasteiger partial charge in [-0.25, -0.2) is 0 Å². The molecule has 0 saturated carbocycles. The van der Waals surface area contributed by atoms with Crippen LogP contribution in [0.25, 0.3) is 0 Å². The van der Waals surface area contributed by atoms with Crippen molar-refractivity contribution in [3.63, 3.8) is 0 Å². The van der Waals surface area contributed by atoms with Gasteiger partial charge >= 0.3 is 0 Å². The molecule has 1 atom stereocenters. The van der Waals surface area contributed by atoms with E-state index in [4.69, 9.17) is 9.47 Å². The van der Waals surface area contributed by atoms with E-state index in [-0.39, 0.29) is 6.79 Å². The van der Waals surface area contributed by atoms with E-state index < -0.39 is 6.10 Å². The van der Waals surface area contributed by atoms with Crippen LogP contribution in [-0.4, -0.2) is 11.9 Å². The van der Waals surface area contributed by atoms with Gasteiger partial charge in [-0.15, -0.1) is 0 Å². The van der Waals surface area contributed by atoms with Gasteiger partial charge in [0, 0.05) is 0 Å². The summed E-state index contributed by atoms with van der Waals surface area (Å²) in [6, 6.07) is 5.65. The fourth-order valence-electron chi connectivity index (χ4n) is 2.41. The van der Waals surface area contributed by atoms with Crippen LogP contribution in [0, 0.1) is 0 Å². The molecule has 3 nitrogen and oxygen atoms in total. The van der Waals surface area contributed by atoms with Crippen molar-refractivity contribution in [2.45, 2.75) is 31.8 Å². The first kappa shape index (κ1) is 10.7. The molecule has 0 amide bonds. The summed E-state index contributed by atoms with van der Waals surface area (Å²) in [6.07, 6.45) is 6.15. The Labute approximate surface area is 101 Å². The van der Waals surface area contributed by atoms with Gasteiger partial charge in [-0.05, 0) is 49.0 Å². The lowest BCUT2D eigenvalue weighted by atomic mass is 9.92. The normalized spacial score (nSPS) is 19.9. The van der Waals surface area contributed by atoms with Crippen LogP contribution in [0.5, 0.6) is 11.5 Å². The highest BCUT2D eigenvalue weighted by Gasteiger charge is 2.19. The van der Waals surface area contributed by atoms with E-state index in [1.54, 1.807) is 0 Å². The summed E-state index contributed by atoms with van der Waals surface area (Å²) in [5.41, 5.74) is 2.03. The summed E-state index contributed by atoms with van der Waals surface area (Å²) in [5.74, 6) is 1.50. The summed E-state index contributed by atoms with van der Waals surface area (Å²) in [7, 11) is 0. The Morgan fingerprint density at radius 3 is 2.82 bits per heavy atom. The molecule has 0 bridgehead atoms. The Hall–Kier alpha value is -1.48. The van der Waals surface area contributed by atoms with Crippen LogP contribution in [0.2, 0.25) is 0 Å². The molecule has 1 aromatic rings. The van der Waals surface area contributed by atoms with Gasteiger partial charge in [0.05, 0.1) is 0 Å². The van der Waals surface area contributed by atoms with Crippen molar-refractivity contribution in [2.75, 3.05) is 6.79 Å². The average Bonchev–Trinajstić information content (AvgIpc) is 2.86. The van der Waals surface area contributed by atoms with E-state index in [0.29, 0.717) is 0 Å². The van der Waals surface area contributed by atoms with Gasteiger partial charge in [0.1, 0.15) is 6.10 Å². The number of hydrogen-bond acceptors (Lipinski definition) is 3. The zero-order valence-corrected chi connectivity index (χ0v) is 9.69. The lowest BCUT2D eigenvalue weighted by molar-refractivity contribution is 0.173. The fourth-order valence-corrected chi connectivity index (χ4v) is 2.41. The van der Waals surface area contributed by atoms with Crippen LogP contribution in [0.1, 0.15) is 37.4 Å². The maximum atomic E-state index is 10.3. The molecule has 1 aliphatic heterocycles. The Kier molecular flexibility index (Phi) is 2.77.